The summed E-state index contributed by atoms with van der Waals surface area (Å²) in [4.78, 5) is 4.46. The number of rotatable bonds is 7. The maximum Gasteiger partial charge on any atom is 0.124 e. The predicted molar refractivity (Wildman–Crippen MR) is 87.0 cm³/mol. The van der Waals surface area contributed by atoms with Gasteiger partial charge in [-0.1, -0.05) is 36.7 Å². The van der Waals surface area contributed by atoms with Gasteiger partial charge in [0.05, 0.1) is 23.4 Å². The van der Waals surface area contributed by atoms with Crippen LogP contribution in [0, 0.1) is 0 Å². The molecule has 3 nitrogen and oxygen atoms in total. The van der Waals surface area contributed by atoms with Crippen molar-refractivity contribution in [2.24, 2.45) is 0 Å². The molecule has 1 unspecified atom stereocenters. The molecule has 1 aromatic heterocycles. The van der Waals surface area contributed by atoms with E-state index < -0.39 is 0 Å². The summed E-state index contributed by atoms with van der Waals surface area (Å²) in [7, 11) is 0. The number of benzene rings is 1. The minimum Gasteiger partial charge on any atom is -0.494 e. The lowest BCUT2D eigenvalue weighted by Crippen LogP contribution is -2.25. The maximum absolute atomic E-state index is 6.33. The molecule has 1 atom stereocenters. The van der Waals surface area contributed by atoms with Gasteiger partial charge in [0, 0.05) is 11.8 Å². The van der Waals surface area contributed by atoms with Crippen LogP contribution in [0.25, 0.3) is 0 Å². The van der Waals surface area contributed by atoms with Gasteiger partial charge in [-0.15, -0.1) is 0 Å². The van der Waals surface area contributed by atoms with E-state index in [2.05, 4.69) is 23.3 Å². The number of halogens is 1. The number of para-hydroxylation sites is 1. The third kappa shape index (κ3) is 3.96. The summed E-state index contributed by atoms with van der Waals surface area (Å²) in [6, 6.07) is 11.7. The number of nitrogens with one attached hydrogen (secondary N) is 1. The van der Waals surface area contributed by atoms with E-state index in [9.17, 15) is 0 Å². The second kappa shape index (κ2) is 8.01. The van der Waals surface area contributed by atoms with Gasteiger partial charge in [0.25, 0.3) is 0 Å². The molecule has 0 bridgehead atoms. The minimum absolute atomic E-state index is 0.0681. The van der Waals surface area contributed by atoms with Crippen LogP contribution in [0.5, 0.6) is 5.75 Å². The first-order valence-corrected chi connectivity index (χ1v) is 7.71. The van der Waals surface area contributed by atoms with Gasteiger partial charge < -0.3 is 10.1 Å². The van der Waals surface area contributed by atoms with Crippen LogP contribution in [-0.4, -0.2) is 18.1 Å². The zero-order chi connectivity index (χ0) is 15.1. The molecule has 0 spiro atoms. The fourth-order valence-corrected chi connectivity index (χ4v) is 2.49. The quantitative estimate of drug-likeness (QED) is 0.831. The molecule has 4 heteroatoms. The van der Waals surface area contributed by atoms with Crippen molar-refractivity contribution in [1.29, 1.82) is 0 Å². The van der Waals surface area contributed by atoms with Crippen molar-refractivity contribution in [1.82, 2.24) is 10.3 Å². The molecule has 2 aromatic rings. The molecule has 0 radical (unpaired) electrons. The van der Waals surface area contributed by atoms with Crippen molar-refractivity contribution in [2.45, 2.75) is 26.3 Å². The van der Waals surface area contributed by atoms with Crippen LogP contribution in [0.4, 0.5) is 0 Å². The highest BCUT2D eigenvalue weighted by Crippen LogP contribution is 2.32. The van der Waals surface area contributed by atoms with Gasteiger partial charge in [0.2, 0.25) is 0 Å². The van der Waals surface area contributed by atoms with Gasteiger partial charge in [0.15, 0.2) is 0 Å². The molecule has 1 aromatic carbocycles. The van der Waals surface area contributed by atoms with Gasteiger partial charge >= 0.3 is 0 Å². The van der Waals surface area contributed by atoms with Crippen LogP contribution in [0.2, 0.25) is 5.02 Å². The first-order chi connectivity index (χ1) is 10.3. The van der Waals surface area contributed by atoms with Crippen LogP contribution >= 0.6 is 11.6 Å². The Kier molecular flexibility index (Phi) is 6.03. The van der Waals surface area contributed by atoms with Crippen LogP contribution < -0.4 is 10.1 Å². The van der Waals surface area contributed by atoms with E-state index >= 15 is 0 Å². The second-order valence-corrected chi connectivity index (χ2v) is 5.14. The van der Waals surface area contributed by atoms with Crippen LogP contribution in [-0.2, 0) is 0 Å². The molecule has 1 N–H and O–H groups in total. The highest BCUT2D eigenvalue weighted by molar-refractivity contribution is 6.31. The monoisotopic (exact) mass is 304 g/mol. The zero-order valence-electron chi connectivity index (χ0n) is 12.5. The first-order valence-electron chi connectivity index (χ1n) is 7.33. The number of ether oxygens (including phenoxy) is 1. The largest absolute Gasteiger partial charge is 0.494 e. The average Bonchev–Trinajstić information content (AvgIpc) is 2.51. The van der Waals surface area contributed by atoms with Crippen LogP contribution in [0.1, 0.15) is 37.6 Å². The van der Waals surface area contributed by atoms with E-state index in [0.717, 1.165) is 30.0 Å². The van der Waals surface area contributed by atoms with Crippen molar-refractivity contribution in [3.8, 4) is 5.75 Å². The number of hydrogen-bond acceptors (Lipinski definition) is 3. The number of nitrogens with zero attached hydrogens (tertiary/aromatic N) is 1. The van der Waals surface area contributed by atoms with Crippen LogP contribution in [0.3, 0.4) is 0 Å². The zero-order valence-corrected chi connectivity index (χ0v) is 13.2. The van der Waals surface area contributed by atoms with E-state index in [0.29, 0.717) is 11.6 Å². The molecule has 0 aliphatic carbocycles. The Morgan fingerprint density at radius 3 is 2.71 bits per heavy atom. The normalized spacial score (nSPS) is 12.1. The molecule has 0 aliphatic rings. The summed E-state index contributed by atoms with van der Waals surface area (Å²) in [5.41, 5.74) is 1.90. The highest BCUT2D eigenvalue weighted by atomic mass is 35.5. The molecule has 0 fully saturated rings. The summed E-state index contributed by atoms with van der Waals surface area (Å²) in [5.74, 6) is 0.871. The van der Waals surface area contributed by atoms with E-state index in [1.807, 2.05) is 37.3 Å². The topological polar surface area (TPSA) is 34.1 Å². The first kappa shape index (κ1) is 15.8. The van der Waals surface area contributed by atoms with E-state index in [1.54, 1.807) is 6.20 Å². The molecule has 2 rings (SSSR count). The Morgan fingerprint density at radius 1 is 1.19 bits per heavy atom. The summed E-state index contributed by atoms with van der Waals surface area (Å²) in [6.45, 7) is 5.64. The van der Waals surface area contributed by atoms with Crippen molar-refractivity contribution in [2.75, 3.05) is 13.2 Å². The smallest absolute Gasteiger partial charge is 0.124 e. The van der Waals surface area contributed by atoms with Gasteiger partial charge in [-0.3, -0.25) is 4.98 Å². The van der Waals surface area contributed by atoms with Gasteiger partial charge in [-0.2, -0.15) is 0 Å². The third-order valence-electron chi connectivity index (χ3n) is 3.19. The Morgan fingerprint density at radius 2 is 2.00 bits per heavy atom. The SMILES string of the molecule is CCCNC(c1ccccc1OCC)c1ncccc1Cl. The Bertz CT molecular complexity index is 574. The van der Waals surface area contributed by atoms with Gasteiger partial charge in [-0.05, 0) is 38.1 Å². The highest BCUT2D eigenvalue weighted by Gasteiger charge is 2.21. The number of aromatic nitrogens is 1. The summed E-state index contributed by atoms with van der Waals surface area (Å²) in [6.07, 6.45) is 2.81. The fraction of sp³-hybridized carbons (Fsp3) is 0.353. The summed E-state index contributed by atoms with van der Waals surface area (Å²) >= 11 is 6.33. The lowest BCUT2D eigenvalue weighted by atomic mass is 10.0. The molecule has 0 amide bonds. The molecule has 1 heterocycles. The Labute approximate surface area is 131 Å². The van der Waals surface area contributed by atoms with E-state index in [1.165, 1.54) is 0 Å². The summed E-state index contributed by atoms with van der Waals surface area (Å²) in [5, 5.41) is 4.18. The molecule has 0 saturated heterocycles. The van der Waals surface area contributed by atoms with Crippen molar-refractivity contribution in [3.05, 3.63) is 58.9 Å². The maximum atomic E-state index is 6.33. The Hall–Kier alpha value is -1.58. The second-order valence-electron chi connectivity index (χ2n) is 4.73. The lowest BCUT2D eigenvalue weighted by molar-refractivity contribution is 0.333. The molecule has 112 valence electrons. The molecule has 21 heavy (non-hydrogen) atoms. The van der Waals surface area contributed by atoms with Gasteiger partial charge in [0.1, 0.15) is 5.75 Å². The standard InChI is InChI=1S/C17H21ClN2O/c1-3-11-19-16(17-14(18)9-7-12-20-17)13-8-5-6-10-15(13)21-4-2/h5-10,12,16,19H,3-4,11H2,1-2H3. The third-order valence-corrected chi connectivity index (χ3v) is 3.51. The molecular weight excluding hydrogens is 284 g/mol. The number of pyridine rings is 1. The van der Waals surface area contributed by atoms with E-state index in [-0.39, 0.29) is 6.04 Å². The molecular formula is C17H21ClN2O. The van der Waals surface area contributed by atoms with Crippen molar-refractivity contribution >= 4 is 11.6 Å². The predicted octanol–water partition coefficient (Wildman–Crippen LogP) is 4.22. The Balaban J connectivity index is 2.43. The van der Waals surface area contributed by atoms with Crippen molar-refractivity contribution < 1.29 is 4.74 Å². The van der Waals surface area contributed by atoms with Crippen LogP contribution in [0.15, 0.2) is 42.6 Å². The minimum atomic E-state index is -0.0681. The number of hydrogen-bond donors (Lipinski definition) is 1. The summed E-state index contributed by atoms with van der Waals surface area (Å²) < 4.78 is 5.75. The van der Waals surface area contributed by atoms with Gasteiger partial charge in [-0.25, -0.2) is 0 Å². The fourth-order valence-electron chi connectivity index (χ4n) is 2.26. The molecule has 0 saturated carbocycles. The lowest BCUT2D eigenvalue weighted by Gasteiger charge is -2.22. The van der Waals surface area contributed by atoms with E-state index in [4.69, 9.17) is 16.3 Å². The molecule has 0 aliphatic heterocycles. The van der Waals surface area contributed by atoms with Crippen molar-refractivity contribution in [3.63, 3.8) is 0 Å². The average molecular weight is 305 g/mol.